The van der Waals surface area contributed by atoms with Crippen LogP contribution in [0.1, 0.15) is 41.4 Å². The van der Waals surface area contributed by atoms with E-state index in [0.29, 0.717) is 29.6 Å². The van der Waals surface area contributed by atoms with Crippen LogP contribution in [0.4, 0.5) is 5.82 Å². The van der Waals surface area contributed by atoms with Crippen LogP contribution in [-0.4, -0.2) is 44.8 Å². The van der Waals surface area contributed by atoms with Gasteiger partial charge in [0.15, 0.2) is 0 Å². The molecule has 0 spiro atoms. The molecule has 1 unspecified atom stereocenters. The number of hydrogen-bond acceptors (Lipinski definition) is 4. The molecule has 0 bridgehead atoms. The van der Waals surface area contributed by atoms with Crippen molar-refractivity contribution in [3.63, 3.8) is 0 Å². The number of H-pyrrole nitrogens is 1. The largest absolute Gasteiger partial charge is 0.346 e. The van der Waals surface area contributed by atoms with Crippen molar-refractivity contribution >= 4 is 45.8 Å². The van der Waals surface area contributed by atoms with Gasteiger partial charge in [-0.3, -0.25) is 9.59 Å². The molecule has 2 amide bonds. The molecule has 7 nitrogen and oxygen atoms in total. The summed E-state index contributed by atoms with van der Waals surface area (Å²) in [4.78, 5) is 39.0. The fourth-order valence-electron chi connectivity index (χ4n) is 4.30. The lowest BCUT2D eigenvalue weighted by atomic mass is 9.89. The van der Waals surface area contributed by atoms with Crippen LogP contribution in [0.3, 0.4) is 0 Å². The van der Waals surface area contributed by atoms with Crippen molar-refractivity contribution in [1.29, 1.82) is 0 Å². The van der Waals surface area contributed by atoms with Gasteiger partial charge in [0.25, 0.3) is 5.91 Å². The third-order valence-electron chi connectivity index (χ3n) is 6.05. The van der Waals surface area contributed by atoms with Gasteiger partial charge in [-0.25, -0.2) is 9.97 Å². The zero-order chi connectivity index (χ0) is 22.4. The molecular weight excluding hydrogens is 426 g/mol. The Morgan fingerprint density at radius 1 is 1.22 bits per heavy atom. The number of nitrogens with one attached hydrogen (secondary N) is 2. The topological polar surface area (TPSA) is 91.0 Å². The average molecular weight is 450 g/mol. The molecule has 1 fully saturated rings. The summed E-state index contributed by atoms with van der Waals surface area (Å²) in [6.45, 7) is 5.01. The first-order valence-electron chi connectivity index (χ1n) is 10.8. The smallest absolute Gasteiger partial charge is 0.254 e. The van der Waals surface area contributed by atoms with Crippen LogP contribution in [0.5, 0.6) is 0 Å². The molecule has 1 aliphatic heterocycles. The predicted molar refractivity (Wildman–Crippen MR) is 124 cm³/mol. The molecule has 3 aromatic rings. The third-order valence-corrected chi connectivity index (χ3v) is 6.25. The van der Waals surface area contributed by atoms with E-state index in [0.717, 1.165) is 40.7 Å². The van der Waals surface area contributed by atoms with Gasteiger partial charge in [0.1, 0.15) is 16.6 Å². The Hall–Kier alpha value is -3.19. The number of halogens is 1. The third kappa shape index (κ3) is 4.00. The van der Waals surface area contributed by atoms with Gasteiger partial charge < -0.3 is 15.2 Å². The van der Waals surface area contributed by atoms with E-state index in [2.05, 4.69) is 33.3 Å². The number of aromatic nitrogens is 3. The first kappa shape index (κ1) is 20.7. The van der Waals surface area contributed by atoms with Gasteiger partial charge >= 0.3 is 0 Å². The van der Waals surface area contributed by atoms with Gasteiger partial charge in [0.2, 0.25) is 5.91 Å². The summed E-state index contributed by atoms with van der Waals surface area (Å²) in [6.07, 6.45) is 5.83. The van der Waals surface area contributed by atoms with Gasteiger partial charge in [-0.05, 0) is 61.1 Å². The maximum atomic E-state index is 13.1. The highest BCUT2D eigenvalue weighted by atomic mass is 35.5. The van der Waals surface area contributed by atoms with E-state index in [1.807, 2.05) is 30.2 Å². The molecule has 1 aliphatic carbocycles. The minimum Gasteiger partial charge on any atom is -0.346 e. The number of carbonyl (C=O) groups is 2. The molecule has 2 aliphatic rings. The lowest BCUT2D eigenvalue weighted by molar-refractivity contribution is -0.117. The van der Waals surface area contributed by atoms with Crippen LogP contribution in [-0.2, 0) is 4.79 Å². The summed E-state index contributed by atoms with van der Waals surface area (Å²) in [7, 11) is 0. The number of pyridine rings is 2. The number of hydrogen-bond donors (Lipinski definition) is 2. The van der Waals surface area contributed by atoms with Crippen LogP contribution in [0.25, 0.3) is 16.6 Å². The van der Waals surface area contributed by atoms with Gasteiger partial charge in [-0.1, -0.05) is 24.6 Å². The molecule has 2 N–H and O–H groups in total. The molecule has 4 heterocycles. The molecule has 0 radical (unpaired) electrons. The van der Waals surface area contributed by atoms with E-state index in [1.165, 1.54) is 0 Å². The van der Waals surface area contributed by atoms with Crippen LogP contribution in [0.2, 0.25) is 5.15 Å². The first-order valence-corrected chi connectivity index (χ1v) is 11.2. The van der Waals surface area contributed by atoms with Gasteiger partial charge in [-0.15, -0.1) is 0 Å². The van der Waals surface area contributed by atoms with Crippen molar-refractivity contribution in [1.82, 2.24) is 19.9 Å². The highest BCUT2D eigenvalue weighted by Crippen LogP contribution is 2.35. The molecule has 1 saturated carbocycles. The number of fused-ring (bicyclic) bond motifs is 1. The van der Waals surface area contributed by atoms with Gasteiger partial charge in [-0.2, -0.15) is 0 Å². The van der Waals surface area contributed by atoms with E-state index in [-0.39, 0.29) is 23.7 Å². The lowest BCUT2D eigenvalue weighted by Gasteiger charge is -2.32. The Kier molecular flexibility index (Phi) is 5.21. The zero-order valence-corrected chi connectivity index (χ0v) is 18.7. The van der Waals surface area contributed by atoms with E-state index >= 15 is 0 Å². The monoisotopic (exact) mass is 449 g/mol. The Morgan fingerprint density at radius 3 is 2.75 bits per heavy atom. The molecule has 0 aromatic carbocycles. The number of aryl methyl sites for hydroxylation is 1. The Morgan fingerprint density at radius 2 is 2.03 bits per heavy atom. The Labute approximate surface area is 190 Å². The van der Waals surface area contributed by atoms with Crippen molar-refractivity contribution in [2.45, 2.75) is 26.7 Å². The zero-order valence-electron chi connectivity index (χ0n) is 18.0. The maximum absolute atomic E-state index is 13.1. The van der Waals surface area contributed by atoms with Gasteiger partial charge in [0, 0.05) is 41.8 Å². The second-order valence-electron chi connectivity index (χ2n) is 8.65. The van der Waals surface area contributed by atoms with E-state index in [4.69, 9.17) is 11.6 Å². The Bertz CT molecular complexity index is 1240. The fraction of sp³-hybridized carbons (Fsp3) is 0.333. The number of anilines is 1. The molecule has 0 saturated heterocycles. The number of aromatic amines is 1. The molecular formula is C24H24ClN5O2. The highest BCUT2D eigenvalue weighted by molar-refractivity contribution is 6.29. The molecule has 1 atom stereocenters. The molecule has 8 heteroatoms. The van der Waals surface area contributed by atoms with E-state index in [9.17, 15) is 9.59 Å². The minimum absolute atomic E-state index is 0.0307. The van der Waals surface area contributed by atoms with Crippen molar-refractivity contribution in [3.05, 3.63) is 58.5 Å². The summed E-state index contributed by atoms with van der Waals surface area (Å²) in [5, 5.41) is 4.28. The summed E-state index contributed by atoms with van der Waals surface area (Å²) in [6, 6.07) is 7.32. The normalized spacial score (nSPS) is 18.5. The quantitative estimate of drug-likeness (QED) is 0.576. The van der Waals surface area contributed by atoms with Crippen LogP contribution >= 0.6 is 11.6 Å². The second kappa shape index (κ2) is 8.06. The van der Waals surface area contributed by atoms with Crippen LogP contribution in [0.15, 0.2) is 36.5 Å². The maximum Gasteiger partial charge on any atom is 0.254 e. The van der Waals surface area contributed by atoms with Crippen LogP contribution in [0, 0.1) is 18.8 Å². The summed E-state index contributed by atoms with van der Waals surface area (Å²) in [5.41, 5.74) is 4.18. The van der Waals surface area contributed by atoms with Crippen molar-refractivity contribution in [2.24, 2.45) is 11.8 Å². The molecule has 3 aromatic heterocycles. The molecule has 164 valence electrons. The van der Waals surface area contributed by atoms with E-state index in [1.54, 1.807) is 12.1 Å². The SMILES string of the molecule is Cc1cc(C(=O)N2CC=C(c3cc(NC(=O)C4CC4)nc4[nH]ccc34)C(C)C2)cc(Cl)n1. The number of carbonyl (C=O) groups excluding carboxylic acids is 2. The lowest BCUT2D eigenvalue weighted by Crippen LogP contribution is -2.38. The summed E-state index contributed by atoms with van der Waals surface area (Å²) >= 11 is 6.05. The molecule has 32 heavy (non-hydrogen) atoms. The molecule has 5 rings (SSSR count). The van der Waals surface area contributed by atoms with Crippen LogP contribution < -0.4 is 5.32 Å². The first-order chi connectivity index (χ1) is 15.4. The van der Waals surface area contributed by atoms with E-state index < -0.39 is 0 Å². The van der Waals surface area contributed by atoms with Gasteiger partial charge in [0.05, 0.1) is 0 Å². The Balaban J connectivity index is 1.44. The predicted octanol–water partition coefficient (Wildman–Crippen LogP) is 4.44. The average Bonchev–Trinajstić information content (AvgIpc) is 3.50. The number of amides is 2. The number of rotatable bonds is 4. The number of nitrogens with zero attached hydrogens (tertiary/aromatic N) is 3. The van der Waals surface area contributed by atoms with Crippen molar-refractivity contribution < 1.29 is 9.59 Å². The summed E-state index contributed by atoms with van der Waals surface area (Å²) < 4.78 is 0. The second-order valence-corrected chi connectivity index (χ2v) is 9.04. The standard InChI is InChI=1S/C24H24ClN5O2/c1-13-12-30(24(32)16-9-14(2)27-20(25)10-16)8-6-17(13)19-11-21(29-23(31)15-3-4-15)28-22-18(19)5-7-26-22/h5-7,9-11,13,15H,3-4,8,12H2,1-2H3,(H2,26,28,29,31). The summed E-state index contributed by atoms with van der Waals surface area (Å²) in [5.74, 6) is 0.748. The van der Waals surface area contributed by atoms with Crippen molar-refractivity contribution in [3.8, 4) is 0 Å². The minimum atomic E-state index is -0.0570. The highest BCUT2D eigenvalue weighted by Gasteiger charge is 2.30. The fourth-order valence-corrected chi connectivity index (χ4v) is 4.55. The van der Waals surface area contributed by atoms with Crippen molar-refractivity contribution in [2.75, 3.05) is 18.4 Å².